The lowest BCUT2D eigenvalue weighted by Crippen LogP contribution is -2.47. The van der Waals surface area contributed by atoms with Gasteiger partial charge in [0.2, 0.25) is 0 Å². The summed E-state index contributed by atoms with van der Waals surface area (Å²) >= 11 is 0. The second kappa shape index (κ2) is 6.83. The van der Waals surface area contributed by atoms with Crippen LogP contribution in [0.15, 0.2) is 42.5 Å². The van der Waals surface area contributed by atoms with Crippen molar-refractivity contribution >= 4 is 17.3 Å². The average molecular weight is 326 g/mol. The Kier molecular flexibility index (Phi) is 4.60. The van der Waals surface area contributed by atoms with E-state index in [0.717, 1.165) is 23.4 Å². The number of anilines is 2. The zero-order valence-corrected chi connectivity index (χ0v) is 14.0. The van der Waals surface area contributed by atoms with Crippen LogP contribution >= 0.6 is 0 Å². The Balaban J connectivity index is 1.93. The Morgan fingerprint density at radius 1 is 1.25 bits per heavy atom. The third-order valence-electron chi connectivity index (χ3n) is 4.13. The molecule has 1 unspecified atom stereocenters. The summed E-state index contributed by atoms with van der Waals surface area (Å²) in [6, 6.07) is 13.1. The number of nitrogen functional groups attached to an aromatic ring is 1. The third kappa shape index (κ3) is 3.02. The fourth-order valence-electron chi connectivity index (χ4n) is 3.00. The number of rotatable bonds is 5. The van der Waals surface area contributed by atoms with Gasteiger partial charge in [0.25, 0.3) is 5.91 Å². The molecule has 0 radical (unpaired) electrons. The van der Waals surface area contributed by atoms with Crippen LogP contribution in [0.4, 0.5) is 11.4 Å². The summed E-state index contributed by atoms with van der Waals surface area (Å²) in [4.78, 5) is 14.7. The fourth-order valence-corrected chi connectivity index (χ4v) is 3.00. The number of carbonyl (C=O) groups is 1. The van der Waals surface area contributed by atoms with Gasteiger partial charge in [-0.3, -0.25) is 4.79 Å². The van der Waals surface area contributed by atoms with Crippen LogP contribution in [-0.4, -0.2) is 25.7 Å². The quantitative estimate of drug-likeness (QED) is 0.858. The molecular formula is C19H22N2O3. The molecule has 0 bridgehead atoms. The lowest BCUT2D eigenvalue weighted by Gasteiger charge is -2.34. The van der Waals surface area contributed by atoms with Gasteiger partial charge >= 0.3 is 0 Å². The molecule has 0 spiro atoms. The molecule has 1 aliphatic rings. The second-order valence-corrected chi connectivity index (χ2v) is 5.84. The Morgan fingerprint density at radius 2 is 2.04 bits per heavy atom. The second-order valence-electron chi connectivity index (χ2n) is 5.84. The standard InChI is InChI=1S/C19H22N2O3/c1-3-10-21-15-12-14(20)8-9-17(15)24-18(19(21)22)11-13-6-4-5-7-16(13)23-2/h4-9,12,18H,3,10-11,20H2,1-2H3. The molecule has 2 aromatic carbocycles. The fraction of sp³-hybridized carbons (Fsp3) is 0.316. The maximum atomic E-state index is 12.9. The van der Waals surface area contributed by atoms with Crippen molar-refractivity contribution in [3.63, 3.8) is 0 Å². The molecule has 126 valence electrons. The number of ether oxygens (including phenoxy) is 2. The minimum Gasteiger partial charge on any atom is -0.496 e. The molecule has 1 heterocycles. The Bertz CT molecular complexity index is 745. The topological polar surface area (TPSA) is 64.8 Å². The van der Waals surface area contributed by atoms with E-state index in [1.54, 1.807) is 24.1 Å². The van der Waals surface area contributed by atoms with Gasteiger partial charge in [0.1, 0.15) is 11.5 Å². The molecule has 2 N–H and O–H groups in total. The van der Waals surface area contributed by atoms with Gasteiger partial charge in [-0.05, 0) is 36.2 Å². The largest absolute Gasteiger partial charge is 0.496 e. The van der Waals surface area contributed by atoms with Crippen molar-refractivity contribution in [2.45, 2.75) is 25.9 Å². The summed E-state index contributed by atoms with van der Waals surface area (Å²) in [6.07, 6.45) is 0.762. The van der Waals surface area contributed by atoms with E-state index in [1.807, 2.05) is 37.3 Å². The van der Waals surface area contributed by atoms with Crippen LogP contribution in [0.25, 0.3) is 0 Å². The van der Waals surface area contributed by atoms with Crippen LogP contribution in [0.1, 0.15) is 18.9 Å². The van der Waals surface area contributed by atoms with Gasteiger partial charge in [0, 0.05) is 18.7 Å². The highest BCUT2D eigenvalue weighted by Crippen LogP contribution is 2.37. The predicted octanol–water partition coefficient (Wildman–Crippen LogP) is 3.02. The monoisotopic (exact) mass is 326 g/mol. The minimum absolute atomic E-state index is 0.0409. The van der Waals surface area contributed by atoms with Crippen LogP contribution in [0.2, 0.25) is 0 Å². The molecule has 0 aromatic heterocycles. The van der Waals surface area contributed by atoms with Crippen LogP contribution in [-0.2, 0) is 11.2 Å². The first-order valence-electron chi connectivity index (χ1n) is 8.13. The highest BCUT2D eigenvalue weighted by Gasteiger charge is 2.34. The lowest BCUT2D eigenvalue weighted by atomic mass is 10.0. The number of benzene rings is 2. The van der Waals surface area contributed by atoms with Gasteiger partial charge in [-0.15, -0.1) is 0 Å². The third-order valence-corrected chi connectivity index (χ3v) is 4.13. The van der Waals surface area contributed by atoms with E-state index in [2.05, 4.69) is 0 Å². The molecule has 24 heavy (non-hydrogen) atoms. The van der Waals surface area contributed by atoms with E-state index in [0.29, 0.717) is 24.4 Å². The van der Waals surface area contributed by atoms with Crippen molar-refractivity contribution in [1.29, 1.82) is 0 Å². The van der Waals surface area contributed by atoms with Gasteiger partial charge < -0.3 is 20.1 Å². The van der Waals surface area contributed by atoms with Crippen molar-refractivity contribution in [2.75, 3.05) is 24.3 Å². The summed E-state index contributed by atoms with van der Waals surface area (Å²) in [5.74, 6) is 1.41. The molecule has 5 heteroatoms. The molecule has 1 amide bonds. The Morgan fingerprint density at radius 3 is 2.79 bits per heavy atom. The zero-order valence-electron chi connectivity index (χ0n) is 14.0. The van der Waals surface area contributed by atoms with Crippen molar-refractivity contribution in [3.8, 4) is 11.5 Å². The van der Waals surface area contributed by atoms with Crippen molar-refractivity contribution in [3.05, 3.63) is 48.0 Å². The first-order chi connectivity index (χ1) is 11.6. The van der Waals surface area contributed by atoms with E-state index in [9.17, 15) is 4.79 Å². The maximum absolute atomic E-state index is 12.9. The summed E-state index contributed by atoms with van der Waals surface area (Å²) in [5.41, 5.74) is 8.19. The molecular weight excluding hydrogens is 304 g/mol. The molecule has 5 nitrogen and oxygen atoms in total. The number of hydrogen-bond acceptors (Lipinski definition) is 4. The molecule has 0 saturated heterocycles. The highest BCUT2D eigenvalue weighted by atomic mass is 16.5. The number of methoxy groups -OCH3 is 1. The summed E-state index contributed by atoms with van der Waals surface area (Å²) in [6.45, 7) is 2.69. The number of nitrogens with two attached hydrogens (primary N) is 1. The van der Waals surface area contributed by atoms with Crippen LogP contribution in [0.5, 0.6) is 11.5 Å². The molecule has 0 saturated carbocycles. The van der Waals surface area contributed by atoms with Gasteiger partial charge in [-0.25, -0.2) is 0 Å². The number of hydrogen-bond donors (Lipinski definition) is 1. The first-order valence-corrected chi connectivity index (χ1v) is 8.13. The Hall–Kier alpha value is -2.69. The van der Waals surface area contributed by atoms with Crippen LogP contribution < -0.4 is 20.1 Å². The zero-order chi connectivity index (χ0) is 17.1. The highest BCUT2D eigenvalue weighted by molar-refractivity contribution is 6.00. The molecule has 0 aliphatic carbocycles. The number of carbonyl (C=O) groups excluding carboxylic acids is 1. The van der Waals surface area contributed by atoms with Crippen LogP contribution in [0, 0.1) is 0 Å². The summed E-state index contributed by atoms with van der Waals surface area (Å²) < 4.78 is 11.4. The molecule has 2 aromatic rings. The maximum Gasteiger partial charge on any atom is 0.268 e. The SMILES string of the molecule is CCCN1C(=O)C(Cc2ccccc2OC)Oc2ccc(N)cc21. The number of para-hydroxylation sites is 1. The van der Waals surface area contributed by atoms with E-state index < -0.39 is 6.10 Å². The number of fused-ring (bicyclic) bond motifs is 1. The molecule has 3 rings (SSSR count). The van der Waals surface area contributed by atoms with E-state index in [-0.39, 0.29) is 5.91 Å². The van der Waals surface area contributed by atoms with Crippen molar-refractivity contribution in [2.24, 2.45) is 0 Å². The predicted molar refractivity (Wildman–Crippen MR) is 94.6 cm³/mol. The van der Waals surface area contributed by atoms with Crippen LogP contribution in [0.3, 0.4) is 0 Å². The van der Waals surface area contributed by atoms with Gasteiger partial charge in [0.15, 0.2) is 6.10 Å². The van der Waals surface area contributed by atoms with Crippen molar-refractivity contribution < 1.29 is 14.3 Å². The van der Waals surface area contributed by atoms with E-state index in [4.69, 9.17) is 15.2 Å². The van der Waals surface area contributed by atoms with Gasteiger partial charge in [-0.1, -0.05) is 25.1 Å². The lowest BCUT2D eigenvalue weighted by molar-refractivity contribution is -0.126. The summed E-state index contributed by atoms with van der Waals surface area (Å²) in [5, 5.41) is 0. The minimum atomic E-state index is -0.566. The van der Waals surface area contributed by atoms with E-state index >= 15 is 0 Å². The average Bonchev–Trinajstić information content (AvgIpc) is 2.59. The molecule has 1 aliphatic heterocycles. The van der Waals surface area contributed by atoms with E-state index in [1.165, 1.54) is 0 Å². The smallest absolute Gasteiger partial charge is 0.268 e. The van der Waals surface area contributed by atoms with Gasteiger partial charge in [0.05, 0.1) is 12.8 Å². The van der Waals surface area contributed by atoms with Gasteiger partial charge in [-0.2, -0.15) is 0 Å². The number of nitrogens with zero attached hydrogens (tertiary/aromatic N) is 1. The Labute approximate surface area is 142 Å². The normalized spacial score (nSPS) is 16.5. The number of amides is 1. The molecule has 1 atom stereocenters. The van der Waals surface area contributed by atoms with Crippen molar-refractivity contribution in [1.82, 2.24) is 0 Å². The summed E-state index contributed by atoms with van der Waals surface area (Å²) in [7, 11) is 1.63. The molecule has 0 fully saturated rings. The first kappa shape index (κ1) is 16.2.